The molecule has 7 heteroatoms. The summed E-state index contributed by atoms with van der Waals surface area (Å²) in [5.41, 5.74) is 1.05. The molecule has 0 spiro atoms. The first kappa shape index (κ1) is 16.5. The fourth-order valence-corrected chi connectivity index (χ4v) is 3.55. The van der Waals surface area contributed by atoms with Gasteiger partial charge < -0.3 is 4.74 Å². The van der Waals surface area contributed by atoms with Crippen LogP contribution in [0, 0.1) is 0 Å². The molecule has 126 valence electrons. The van der Waals surface area contributed by atoms with Crippen molar-refractivity contribution >= 4 is 20.9 Å². The number of methoxy groups -OCH3 is 1. The lowest BCUT2D eigenvalue weighted by atomic mass is 10.2. The maximum Gasteiger partial charge on any atom is 0.240 e. The molecule has 1 N–H and O–H groups in total. The van der Waals surface area contributed by atoms with Gasteiger partial charge in [-0.15, -0.1) is 0 Å². The van der Waals surface area contributed by atoms with E-state index in [0.29, 0.717) is 25.3 Å². The number of sulfonamides is 1. The molecule has 2 aromatic carbocycles. The Bertz CT molecular complexity index is 918. The third kappa shape index (κ3) is 3.58. The number of hydrogen-bond donors (Lipinski definition) is 1. The molecule has 3 rings (SSSR count). The van der Waals surface area contributed by atoms with Crippen molar-refractivity contribution in [1.82, 2.24) is 14.5 Å². The highest BCUT2D eigenvalue weighted by Gasteiger charge is 2.13. The van der Waals surface area contributed by atoms with E-state index >= 15 is 0 Å². The van der Waals surface area contributed by atoms with E-state index < -0.39 is 10.0 Å². The number of rotatable bonds is 7. The standard InChI is InChI=1S/C17H19N3O3S/c1-23-15-7-9-16(10-8-15)24(21,22)19-11-4-12-20-17-6-3-2-5-14(17)13-18-20/h2-3,5-10,13,19H,4,11-12H2,1H3. The van der Waals surface area contributed by atoms with Gasteiger partial charge >= 0.3 is 0 Å². The number of nitrogens with zero attached hydrogens (tertiary/aromatic N) is 2. The van der Waals surface area contributed by atoms with Crippen LogP contribution in [0.5, 0.6) is 5.75 Å². The van der Waals surface area contributed by atoms with Gasteiger partial charge in [0.05, 0.1) is 23.7 Å². The minimum absolute atomic E-state index is 0.229. The van der Waals surface area contributed by atoms with E-state index in [4.69, 9.17) is 4.74 Å². The van der Waals surface area contributed by atoms with Crippen LogP contribution < -0.4 is 9.46 Å². The molecule has 0 saturated heterocycles. The first-order valence-electron chi connectivity index (χ1n) is 7.64. The minimum atomic E-state index is -3.50. The summed E-state index contributed by atoms with van der Waals surface area (Å²) in [6.45, 7) is 1.00. The molecule has 0 unspecified atom stereocenters. The molecule has 0 aliphatic carbocycles. The Balaban J connectivity index is 1.57. The largest absolute Gasteiger partial charge is 0.497 e. The zero-order valence-electron chi connectivity index (χ0n) is 13.3. The SMILES string of the molecule is COc1ccc(S(=O)(=O)NCCCn2ncc3ccccc32)cc1. The Kier molecular flexibility index (Phi) is 4.82. The summed E-state index contributed by atoms with van der Waals surface area (Å²) in [7, 11) is -1.96. The molecule has 0 aliphatic rings. The lowest BCUT2D eigenvalue weighted by molar-refractivity contribution is 0.414. The molecular formula is C17H19N3O3S. The third-order valence-electron chi connectivity index (χ3n) is 3.76. The van der Waals surface area contributed by atoms with Gasteiger partial charge in [0.15, 0.2) is 0 Å². The highest BCUT2D eigenvalue weighted by Crippen LogP contribution is 2.15. The molecule has 0 radical (unpaired) electrons. The van der Waals surface area contributed by atoms with E-state index in [2.05, 4.69) is 9.82 Å². The molecule has 0 saturated carbocycles. The van der Waals surface area contributed by atoms with Crippen molar-refractivity contribution in [3.8, 4) is 5.75 Å². The van der Waals surface area contributed by atoms with Crippen LogP contribution in [-0.4, -0.2) is 31.9 Å². The van der Waals surface area contributed by atoms with Gasteiger partial charge in [0.2, 0.25) is 10.0 Å². The Hall–Kier alpha value is -2.38. The lowest BCUT2D eigenvalue weighted by Gasteiger charge is -2.08. The predicted molar refractivity (Wildman–Crippen MR) is 92.5 cm³/mol. The molecule has 1 aromatic heterocycles. The molecule has 3 aromatic rings. The van der Waals surface area contributed by atoms with Crippen LogP contribution in [-0.2, 0) is 16.6 Å². The molecule has 6 nitrogen and oxygen atoms in total. The smallest absolute Gasteiger partial charge is 0.240 e. The van der Waals surface area contributed by atoms with Crippen molar-refractivity contribution in [2.24, 2.45) is 0 Å². The van der Waals surface area contributed by atoms with Crippen molar-refractivity contribution in [3.63, 3.8) is 0 Å². The highest BCUT2D eigenvalue weighted by atomic mass is 32.2. The van der Waals surface area contributed by atoms with Crippen LogP contribution in [0.15, 0.2) is 59.6 Å². The number of para-hydroxylation sites is 1. The van der Waals surface area contributed by atoms with Crippen molar-refractivity contribution < 1.29 is 13.2 Å². The van der Waals surface area contributed by atoms with Gasteiger partial charge in [-0.05, 0) is 36.8 Å². The predicted octanol–water partition coefficient (Wildman–Crippen LogP) is 2.41. The fourth-order valence-electron chi connectivity index (χ4n) is 2.48. The maximum absolute atomic E-state index is 12.2. The number of nitrogens with one attached hydrogen (secondary N) is 1. The number of benzene rings is 2. The van der Waals surface area contributed by atoms with Gasteiger partial charge in [-0.1, -0.05) is 18.2 Å². The topological polar surface area (TPSA) is 73.2 Å². The van der Waals surface area contributed by atoms with Gasteiger partial charge in [0, 0.05) is 18.5 Å². The monoisotopic (exact) mass is 345 g/mol. The normalized spacial score (nSPS) is 11.7. The Morgan fingerprint density at radius 3 is 2.62 bits per heavy atom. The zero-order valence-corrected chi connectivity index (χ0v) is 14.2. The van der Waals surface area contributed by atoms with Crippen LogP contribution in [0.3, 0.4) is 0 Å². The number of aromatic nitrogens is 2. The van der Waals surface area contributed by atoms with Crippen molar-refractivity contribution in [2.75, 3.05) is 13.7 Å². The third-order valence-corrected chi connectivity index (χ3v) is 5.24. The van der Waals surface area contributed by atoms with Gasteiger partial charge in [-0.2, -0.15) is 5.10 Å². The second kappa shape index (κ2) is 7.02. The maximum atomic E-state index is 12.2. The van der Waals surface area contributed by atoms with E-state index in [1.807, 2.05) is 35.1 Å². The Labute approximate surface area is 141 Å². The molecule has 0 bridgehead atoms. The lowest BCUT2D eigenvalue weighted by Crippen LogP contribution is -2.25. The van der Waals surface area contributed by atoms with E-state index in [-0.39, 0.29) is 4.90 Å². The van der Waals surface area contributed by atoms with E-state index in [0.717, 1.165) is 10.9 Å². The van der Waals surface area contributed by atoms with Crippen LogP contribution in [0.1, 0.15) is 6.42 Å². The summed E-state index contributed by atoms with van der Waals surface area (Å²) < 4.78 is 34.0. The number of ether oxygens (including phenoxy) is 1. The van der Waals surface area contributed by atoms with Crippen molar-refractivity contribution in [1.29, 1.82) is 0 Å². The minimum Gasteiger partial charge on any atom is -0.497 e. The molecule has 0 amide bonds. The average molecular weight is 345 g/mol. The fraction of sp³-hybridized carbons (Fsp3) is 0.235. The Morgan fingerprint density at radius 1 is 1.12 bits per heavy atom. The van der Waals surface area contributed by atoms with Crippen molar-refractivity contribution in [3.05, 3.63) is 54.7 Å². The van der Waals surface area contributed by atoms with E-state index in [1.165, 1.54) is 12.1 Å². The van der Waals surface area contributed by atoms with E-state index in [1.54, 1.807) is 19.2 Å². The molecular weight excluding hydrogens is 326 g/mol. The summed E-state index contributed by atoms with van der Waals surface area (Å²) in [4.78, 5) is 0.229. The second-order valence-electron chi connectivity index (χ2n) is 5.35. The molecule has 0 atom stereocenters. The average Bonchev–Trinajstić information content (AvgIpc) is 3.02. The summed E-state index contributed by atoms with van der Waals surface area (Å²) >= 11 is 0. The molecule has 0 aliphatic heterocycles. The van der Waals surface area contributed by atoms with Gasteiger partial charge in [-0.3, -0.25) is 4.68 Å². The highest BCUT2D eigenvalue weighted by molar-refractivity contribution is 7.89. The molecule has 24 heavy (non-hydrogen) atoms. The summed E-state index contributed by atoms with van der Waals surface area (Å²) in [6.07, 6.45) is 2.47. The second-order valence-corrected chi connectivity index (χ2v) is 7.12. The number of aryl methyl sites for hydroxylation is 1. The first-order chi connectivity index (χ1) is 11.6. The van der Waals surface area contributed by atoms with Gasteiger partial charge in [0.1, 0.15) is 5.75 Å². The summed E-state index contributed by atoms with van der Waals surface area (Å²) in [5, 5.41) is 5.41. The number of hydrogen-bond acceptors (Lipinski definition) is 4. The summed E-state index contributed by atoms with van der Waals surface area (Å²) in [6, 6.07) is 14.3. The van der Waals surface area contributed by atoms with Crippen LogP contribution in [0.4, 0.5) is 0 Å². The zero-order chi connectivity index (χ0) is 17.0. The first-order valence-corrected chi connectivity index (χ1v) is 9.13. The number of fused-ring (bicyclic) bond motifs is 1. The van der Waals surface area contributed by atoms with E-state index in [9.17, 15) is 8.42 Å². The Morgan fingerprint density at radius 2 is 1.88 bits per heavy atom. The van der Waals surface area contributed by atoms with Crippen LogP contribution >= 0.6 is 0 Å². The van der Waals surface area contributed by atoms with Crippen LogP contribution in [0.2, 0.25) is 0 Å². The van der Waals surface area contributed by atoms with Crippen LogP contribution in [0.25, 0.3) is 10.9 Å². The molecule has 0 fully saturated rings. The summed E-state index contributed by atoms with van der Waals surface area (Å²) in [5.74, 6) is 0.625. The quantitative estimate of drug-likeness (QED) is 0.668. The van der Waals surface area contributed by atoms with Crippen molar-refractivity contribution in [2.45, 2.75) is 17.9 Å². The van der Waals surface area contributed by atoms with Gasteiger partial charge in [-0.25, -0.2) is 13.1 Å². The molecule has 1 heterocycles. The van der Waals surface area contributed by atoms with Gasteiger partial charge in [0.25, 0.3) is 0 Å².